The van der Waals surface area contributed by atoms with Crippen molar-refractivity contribution in [2.75, 3.05) is 13.7 Å². The number of nitro groups is 1. The van der Waals surface area contributed by atoms with Gasteiger partial charge in [0.2, 0.25) is 0 Å². The molecule has 0 unspecified atom stereocenters. The smallest absolute Gasteiger partial charge is 0.269 e. The highest BCUT2D eigenvalue weighted by atomic mass is 16.6. The molecule has 0 bridgehead atoms. The summed E-state index contributed by atoms with van der Waals surface area (Å²) in [5.74, 6) is 1.21. The van der Waals surface area contributed by atoms with Gasteiger partial charge in [0.15, 0.2) is 11.5 Å². The van der Waals surface area contributed by atoms with Crippen LogP contribution in [0.4, 0.5) is 5.69 Å². The molecule has 0 spiro atoms. The fourth-order valence-electron chi connectivity index (χ4n) is 2.16. The van der Waals surface area contributed by atoms with Gasteiger partial charge in [-0.05, 0) is 48.4 Å². The van der Waals surface area contributed by atoms with Crippen molar-refractivity contribution >= 4 is 17.3 Å². The molecule has 24 heavy (non-hydrogen) atoms. The summed E-state index contributed by atoms with van der Waals surface area (Å²) in [6, 6.07) is 13.3. The molecule has 0 amide bonds. The predicted molar refractivity (Wildman–Crippen MR) is 90.7 cm³/mol. The maximum atomic E-state index is 10.7. The van der Waals surface area contributed by atoms with E-state index in [0.717, 1.165) is 5.56 Å². The van der Waals surface area contributed by atoms with Crippen LogP contribution in [0.3, 0.4) is 0 Å². The van der Waals surface area contributed by atoms with Gasteiger partial charge < -0.3 is 9.47 Å². The first-order valence-electron chi connectivity index (χ1n) is 7.26. The highest BCUT2D eigenvalue weighted by Crippen LogP contribution is 2.30. The van der Waals surface area contributed by atoms with Gasteiger partial charge in [-0.1, -0.05) is 6.07 Å². The molecule has 0 N–H and O–H groups in total. The number of non-ortho nitro benzene ring substituents is 1. The topological polar surface area (TPSA) is 85.4 Å². The number of allylic oxidation sites excluding steroid dienone is 1. The number of methoxy groups -OCH3 is 1. The SMILES string of the molecule is CCOc1ccc(/C=C(/C#N)c2ccc([N+](=O)[O-])cc2)cc1OC. The van der Waals surface area contributed by atoms with Crippen LogP contribution in [0.1, 0.15) is 18.1 Å². The Hall–Kier alpha value is -3.33. The highest BCUT2D eigenvalue weighted by molar-refractivity contribution is 5.90. The Bertz CT molecular complexity index is 805. The third kappa shape index (κ3) is 3.90. The molecule has 2 aromatic rings. The maximum absolute atomic E-state index is 10.7. The number of rotatable bonds is 6. The van der Waals surface area contributed by atoms with Crippen molar-refractivity contribution in [2.45, 2.75) is 6.92 Å². The first-order valence-corrected chi connectivity index (χ1v) is 7.26. The van der Waals surface area contributed by atoms with E-state index in [0.29, 0.717) is 29.2 Å². The van der Waals surface area contributed by atoms with Crippen molar-refractivity contribution in [1.29, 1.82) is 5.26 Å². The van der Waals surface area contributed by atoms with Crippen LogP contribution in [0.5, 0.6) is 11.5 Å². The van der Waals surface area contributed by atoms with Crippen LogP contribution >= 0.6 is 0 Å². The summed E-state index contributed by atoms with van der Waals surface area (Å²) < 4.78 is 10.7. The zero-order valence-electron chi connectivity index (χ0n) is 13.4. The van der Waals surface area contributed by atoms with Gasteiger partial charge in [-0.15, -0.1) is 0 Å². The van der Waals surface area contributed by atoms with Gasteiger partial charge in [0.05, 0.1) is 30.3 Å². The zero-order chi connectivity index (χ0) is 17.5. The van der Waals surface area contributed by atoms with E-state index in [9.17, 15) is 15.4 Å². The molecule has 0 aliphatic carbocycles. The van der Waals surface area contributed by atoms with E-state index in [1.807, 2.05) is 13.0 Å². The summed E-state index contributed by atoms with van der Waals surface area (Å²) >= 11 is 0. The van der Waals surface area contributed by atoms with Crippen molar-refractivity contribution in [2.24, 2.45) is 0 Å². The second kappa shape index (κ2) is 7.79. The molecule has 0 fully saturated rings. The number of hydrogen-bond acceptors (Lipinski definition) is 5. The number of nitro benzene ring substituents is 1. The Morgan fingerprint density at radius 3 is 2.50 bits per heavy atom. The number of ether oxygens (including phenoxy) is 2. The summed E-state index contributed by atoms with van der Waals surface area (Å²) in [5.41, 5.74) is 1.76. The van der Waals surface area contributed by atoms with Gasteiger partial charge >= 0.3 is 0 Å². The van der Waals surface area contributed by atoms with Crippen molar-refractivity contribution in [3.8, 4) is 17.6 Å². The van der Waals surface area contributed by atoms with Crippen LogP contribution in [0.15, 0.2) is 42.5 Å². The lowest BCUT2D eigenvalue weighted by Crippen LogP contribution is -1.95. The monoisotopic (exact) mass is 324 g/mol. The molecular weight excluding hydrogens is 308 g/mol. The van der Waals surface area contributed by atoms with Crippen molar-refractivity contribution in [3.63, 3.8) is 0 Å². The standard InChI is InChI=1S/C18H16N2O4/c1-3-24-17-9-4-13(11-18(17)23-2)10-15(12-19)14-5-7-16(8-6-14)20(21)22/h4-11H,3H2,1-2H3/b15-10-. The molecule has 0 saturated carbocycles. The molecule has 6 nitrogen and oxygen atoms in total. The van der Waals surface area contributed by atoms with Crippen molar-refractivity contribution in [3.05, 3.63) is 63.7 Å². The van der Waals surface area contributed by atoms with Crippen LogP contribution in [0.25, 0.3) is 11.6 Å². The van der Waals surface area contributed by atoms with Crippen LogP contribution in [0.2, 0.25) is 0 Å². The van der Waals surface area contributed by atoms with Crippen LogP contribution in [-0.2, 0) is 0 Å². The van der Waals surface area contributed by atoms with Gasteiger partial charge in [0.1, 0.15) is 0 Å². The Kier molecular flexibility index (Phi) is 5.53. The van der Waals surface area contributed by atoms with Gasteiger partial charge in [-0.25, -0.2) is 0 Å². The molecule has 0 aliphatic heterocycles. The van der Waals surface area contributed by atoms with Crippen LogP contribution in [0, 0.1) is 21.4 Å². The normalized spacial score (nSPS) is 10.8. The van der Waals surface area contributed by atoms with Crippen LogP contribution in [-0.4, -0.2) is 18.6 Å². The molecule has 0 heterocycles. The minimum atomic E-state index is -0.475. The fraction of sp³-hybridized carbons (Fsp3) is 0.167. The Balaban J connectivity index is 2.36. The maximum Gasteiger partial charge on any atom is 0.269 e. The van der Waals surface area contributed by atoms with Gasteiger partial charge in [0.25, 0.3) is 5.69 Å². The molecule has 2 rings (SSSR count). The number of benzene rings is 2. The average Bonchev–Trinajstić information content (AvgIpc) is 2.61. The van der Waals surface area contributed by atoms with Gasteiger partial charge in [-0.2, -0.15) is 5.26 Å². The Morgan fingerprint density at radius 1 is 1.25 bits per heavy atom. The van der Waals surface area contributed by atoms with Gasteiger partial charge in [0, 0.05) is 12.1 Å². The fourth-order valence-corrected chi connectivity index (χ4v) is 2.16. The molecular formula is C18H16N2O4. The van der Waals surface area contributed by atoms with E-state index < -0.39 is 4.92 Å². The highest BCUT2D eigenvalue weighted by Gasteiger charge is 2.08. The van der Waals surface area contributed by atoms with Crippen LogP contribution < -0.4 is 9.47 Å². The summed E-state index contributed by atoms with van der Waals surface area (Å²) in [6.45, 7) is 2.41. The minimum absolute atomic E-state index is 0.0150. The summed E-state index contributed by atoms with van der Waals surface area (Å²) in [7, 11) is 1.55. The molecule has 0 aliphatic rings. The van der Waals surface area contributed by atoms with E-state index in [4.69, 9.17) is 9.47 Å². The van der Waals surface area contributed by atoms with Crippen molar-refractivity contribution in [1.82, 2.24) is 0 Å². The molecule has 0 aromatic heterocycles. The lowest BCUT2D eigenvalue weighted by Gasteiger charge is -2.09. The molecule has 0 saturated heterocycles. The first-order chi connectivity index (χ1) is 11.6. The molecule has 122 valence electrons. The lowest BCUT2D eigenvalue weighted by molar-refractivity contribution is -0.384. The third-order valence-corrected chi connectivity index (χ3v) is 3.31. The summed E-state index contributed by atoms with van der Waals surface area (Å²) in [4.78, 5) is 10.2. The lowest BCUT2D eigenvalue weighted by atomic mass is 10.0. The van der Waals surface area contributed by atoms with E-state index in [1.54, 1.807) is 37.5 Å². The Labute approximate surface area is 139 Å². The number of hydrogen-bond donors (Lipinski definition) is 0. The molecule has 0 atom stereocenters. The third-order valence-electron chi connectivity index (χ3n) is 3.31. The quantitative estimate of drug-likeness (QED) is 0.346. The predicted octanol–water partition coefficient (Wildman–Crippen LogP) is 4.07. The molecule has 6 heteroatoms. The largest absolute Gasteiger partial charge is 0.493 e. The van der Waals surface area contributed by atoms with E-state index in [2.05, 4.69) is 6.07 Å². The minimum Gasteiger partial charge on any atom is -0.493 e. The molecule has 2 aromatic carbocycles. The zero-order valence-corrected chi connectivity index (χ0v) is 13.4. The second-order valence-corrected chi connectivity index (χ2v) is 4.82. The Morgan fingerprint density at radius 2 is 1.96 bits per heavy atom. The number of nitrogens with zero attached hydrogens (tertiary/aromatic N) is 2. The molecule has 0 radical (unpaired) electrons. The first kappa shape index (κ1) is 17.0. The average molecular weight is 324 g/mol. The second-order valence-electron chi connectivity index (χ2n) is 4.82. The summed E-state index contributed by atoms with van der Waals surface area (Å²) in [6.07, 6.45) is 1.69. The van der Waals surface area contributed by atoms with Gasteiger partial charge in [-0.3, -0.25) is 10.1 Å². The van der Waals surface area contributed by atoms with E-state index in [-0.39, 0.29) is 5.69 Å². The van der Waals surface area contributed by atoms with E-state index >= 15 is 0 Å². The summed E-state index contributed by atoms with van der Waals surface area (Å²) in [5, 5.41) is 20.1. The number of nitriles is 1. The van der Waals surface area contributed by atoms with Crippen molar-refractivity contribution < 1.29 is 14.4 Å². The van der Waals surface area contributed by atoms with E-state index in [1.165, 1.54) is 12.1 Å².